The van der Waals surface area contributed by atoms with Crippen LogP contribution in [0.5, 0.6) is 0 Å². The van der Waals surface area contributed by atoms with Gasteiger partial charge in [-0.25, -0.2) is 0 Å². The summed E-state index contributed by atoms with van der Waals surface area (Å²) in [5, 5.41) is 11.1. The van der Waals surface area contributed by atoms with Crippen LogP contribution in [0.1, 0.15) is 71.2 Å². The summed E-state index contributed by atoms with van der Waals surface area (Å²) >= 11 is 0. The van der Waals surface area contributed by atoms with Crippen molar-refractivity contribution >= 4 is 12.4 Å². The molecule has 8 nitrogen and oxygen atoms in total. The molecule has 0 bridgehead atoms. The van der Waals surface area contributed by atoms with Crippen molar-refractivity contribution in [2.24, 2.45) is 0 Å². The van der Waals surface area contributed by atoms with Crippen LogP contribution in [0.3, 0.4) is 0 Å². The van der Waals surface area contributed by atoms with Gasteiger partial charge >= 0.3 is 0 Å². The minimum Gasteiger partial charge on any atom is -0.483 e. The van der Waals surface area contributed by atoms with Gasteiger partial charge < -0.3 is 19.4 Å². The number of carbonyl (C=O) groups excluding carboxylic acids is 1. The maximum atomic E-state index is 13.1. The molecular weight excluding hydrogens is 540 g/mol. The van der Waals surface area contributed by atoms with Gasteiger partial charge in [0, 0.05) is 31.0 Å². The Balaban J connectivity index is 0.00000118. The molecule has 3 aromatic carbocycles. The maximum absolute atomic E-state index is 13.1. The Kier molecular flexibility index (Phi) is 10.3. The zero-order chi connectivity index (χ0) is 29.9. The van der Waals surface area contributed by atoms with Crippen LogP contribution in [0, 0.1) is 0 Å². The molecule has 1 amide bonds. The maximum Gasteiger partial charge on any atom is 0.290 e. The van der Waals surface area contributed by atoms with Crippen LogP contribution in [0.25, 0.3) is 0 Å². The minimum absolute atomic E-state index is 0.102. The van der Waals surface area contributed by atoms with Gasteiger partial charge in [0.15, 0.2) is 5.82 Å². The van der Waals surface area contributed by atoms with Gasteiger partial charge in [0.25, 0.3) is 12.4 Å². The van der Waals surface area contributed by atoms with E-state index in [9.17, 15) is 4.79 Å². The molecule has 4 aromatic rings. The molecule has 0 spiro atoms. The lowest BCUT2D eigenvalue weighted by Gasteiger charge is -2.44. The second-order valence-electron chi connectivity index (χ2n) is 11.5. The van der Waals surface area contributed by atoms with E-state index in [0.717, 1.165) is 82.1 Å². The summed E-state index contributed by atoms with van der Waals surface area (Å²) < 4.78 is 5.69. The zero-order valence-electron chi connectivity index (χ0n) is 24.6. The Morgan fingerprint density at radius 3 is 2.09 bits per heavy atom. The van der Waals surface area contributed by atoms with E-state index in [0.29, 0.717) is 12.3 Å². The average Bonchev–Trinajstić information content (AvgIpc) is 3.54. The highest BCUT2D eigenvalue weighted by molar-refractivity contribution is 5.94. The molecule has 2 aliphatic rings. The van der Waals surface area contributed by atoms with Crippen LogP contribution < -0.4 is 0 Å². The molecule has 2 saturated heterocycles. The number of likely N-dealkylation sites (tertiary alicyclic amines) is 2. The van der Waals surface area contributed by atoms with Crippen molar-refractivity contribution in [1.29, 1.82) is 0 Å². The standard InChI is InChI=1S/C34H38N4O2.CH2O2/c39-33(29-12-6-2-7-13-29)38-24-19-34(20-25-38,30-14-8-3-9-15-30)18-23-37-21-16-28(17-22-37)32-35-31(36-40-32)26-27-10-4-1-5-11-27;2-1-3/h1-15,28H,16-26H2;1H,(H,2,3). The second-order valence-corrected chi connectivity index (χ2v) is 11.5. The number of benzene rings is 3. The predicted molar refractivity (Wildman–Crippen MR) is 165 cm³/mol. The molecule has 1 N–H and O–H groups in total. The van der Waals surface area contributed by atoms with Gasteiger partial charge in [0.05, 0.1) is 0 Å². The smallest absolute Gasteiger partial charge is 0.290 e. The molecule has 0 aliphatic carbocycles. The van der Waals surface area contributed by atoms with Gasteiger partial charge in [-0.05, 0) is 80.4 Å². The predicted octanol–water partition coefficient (Wildman–Crippen LogP) is 5.80. The van der Waals surface area contributed by atoms with Gasteiger partial charge in [0.2, 0.25) is 5.89 Å². The van der Waals surface area contributed by atoms with Crippen LogP contribution in [0.4, 0.5) is 0 Å². The topological polar surface area (TPSA) is 99.8 Å². The first kappa shape index (κ1) is 30.2. The van der Waals surface area contributed by atoms with Crippen LogP contribution in [0.15, 0.2) is 95.5 Å². The molecular formula is C35H40N4O4. The quantitative estimate of drug-likeness (QED) is 0.263. The molecule has 1 aromatic heterocycles. The summed E-state index contributed by atoms with van der Waals surface area (Å²) in [4.78, 5) is 30.8. The number of rotatable bonds is 8. The lowest BCUT2D eigenvalue weighted by molar-refractivity contribution is -0.122. The highest BCUT2D eigenvalue weighted by Gasteiger charge is 2.38. The van der Waals surface area contributed by atoms with Crippen molar-refractivity contribution in [2.45, 2.75) is 49.9 Å². The summed E-state index contributed by atoms with van der Waals surface area (Å²) in [6.07, 6.45) is 5.90. The molecule has 2 fully saturated rings. The van der Waals surface area contributed by atoms with Gasteiger partial charge in [-0.15, -0.1) is 0 Å². The van der Waals surface area contributed by atoms with E-state index < -0.39 is 0 Å². The second kappa shape index (κ2) is 14.7. The van der Waals surface area contributed by atoms with Crippen molar-refractivity contribution in [3.63, 3.8) is 0 Å². The highest BCUT2D eigenvalue weighted by atomic mass is 16.5. The molecule has 6 rings (SSSR count). The number of carboxylic acid groups (broad SMARTS) is 1. The van der Waals surface area contributed by atoms with Gasteiger partial charge in [-0.1, -0.05) is 84.0 Å². The summed E-state index contributed by atoms with van der Waals surface area (Å²) in [7, 11) is 0. The Morgan fingerprint density at radius 2 is 1.47 bits per heavy atom. The Hall–Kier alpha value is -4.30. The Morgan fingerprint density at radius 1 is 0.884 bits per heavy atom. The lowest BCUT2D eigenvalue weighted by atomic mass is 9.70. The summed E-state index contributed by atoms with van der Waals surface area (Å²) in [5.41, 5.74) is 3.50. The first-order chi connectivity index (χ1) is 21.1. The largest absolute Gasteiger partial charge is 0.483 e. The zero-order valence-corrected chi connectivity index (χ0v) is 24.6. The summed E-state index contributed by atoms with van der Waals surface area (Å²) in [6.45, 7) is 4.51. The monoisotopic (exact) mass is 580 g/mol. The van der Waals surface area contributed by atoms with E-state index >= 15 is 0 Å². The molecule has 0 saturated carbocycles. The molecule has 3 heterocycles. The average molecular weight is 581 g/mol. The molecule has 0 radical (unpaired) electrons. The van der Waals surface area contributed by atoms with E-state index in [-0.39, 0.29) is 17.8 Å². The van der Waals surface area contributed by atoms with Crippen LogP contribution in [-0.2, 0) is 16.6 Å². The van der Waals surface area contributed by atoms with Crippen molar-refractivity contribution in [3.8, 4) is 0 Å². The third-order valence-corrected chi connectivity index (χ3v) is 8.95. The number of hydrogen-bond donors (Lipinski definition) is 1. The van der Waals surface area contributed by atoms with E-state index in [1.165, 1.54) is 11.1 Å². The fraction of sp³-hybridized carbons (Fsp3) is 0.371. The van der Waals surface area contributed by atoms with Crippen molar-refractivity contribution < 1.29 is 19.2 Å². The molecule has 8 heteroatoms. The van der Waals surface area contributed by atoms with E-state index in [1.54, 1.807) is 0 Å². The lowest BCUT2D eigenvalue weighted by Crippen LogP contribution is -2.47. The van der Waals surface area contributed by atoms with E-state index in [4.69, 9.17) is 19.4 Å². The first-order valence-electron chi connectivity index (χ1n) is 15.2. The number of aromatic nitrogens is 2. The van der Waals surface area contributed by atoms with Crippen LogP contribution >= 0.6 is 0 Å². The van der Waals surface area contributed by atoms with Gasteiger partial charge in [-0.3, -0.25) is 9.59 Å². The van der Waals surface area contributed by atoms with Crippen LogP contribution in [-0.4, -0.2) is 70.2 Å². The number of hydrogen-bond acceptors (Lipinski definition) is 6. The SMILES string of the molecule is O=C(c1ccccc1)N1CCC(CCN2CCC(c3nc(Cc4ccccc4)no3)CC2)(c2ccccc2)CC1.O=CO. The molecule has 43 heavy (non-hydrogen) atoms. The number of nitrogens with zero attached hydrogens (tertiary/aromatic N) is 4. The van der Waals surface area contributed by atoms with E-state index in [2.05, 4.69) is 52.5 Å². The number of amides is 1. The molecule has 2 aliphatic heterocycles. The minimum atomic E-state index is -0.250. The van der Waals surface area contributed by atoms with Crippen molar-refractivity contribution in [2.75, 3.05) is 32.7 Å². The van der Waals surface area contributed by atoms with Crippen LogP contribution in [0.2, 0.25) is 0 Å². The van der Waals surface area contributed by atoms with E-state index in [1.807, 2.05) is 53.4 Å². The van der Waals surface area contributed by atoms with Crippen molar-refractivity contribution in [1.82, 2.24) is 19.9 Å². The van der Waals surface area contributed by atoms with Gasteiger partial charge in [-0.2, -0.15) is 4.98 Å². The highest BCUT2D eigenvalue weighted by Crippen LogP contribution is 2.40. The summed E-state index contributed by atoms with van der Waals surface area (Å²) in [6, 6.07) is 31.0. The Labute approximate surface area is 253 Å². The Bertz CT molecular complexity index is 1410. The number of piperidine rings is 2. The first-order valence-corrected chi connectivity index (χ1v) is 15.2. The third kappa shape index (κ3) is 7.76. The molecule has 0 unspecified atom stereocenters. The normalized spacial score (nSPS) is 17.1. The van der Waals surface area contributed by atoms with Crippen molar-refractivity contribution in [3.05, 3.63) is 119 Å². The summed E-state index contributed by atoms with van der Waals surface area (Å²) in [5.74, 6) is 2.05. The number of carbonyl (C=O) groups is 2. The molecule has 0 atom stereocenters. The fourth-order valence-corrected chi connectivity index (χ4v) is 6.44. The molecule has 224 valence electrons. The third-order valence-electron chi connectivity index (χ3n) is 8.95. The fourth-order valence-electron chi connectivity index (χ4n) is 6.44. The van der Waals surface area contributed by atoms with Gasteiger partial charge in [0.1, 0.15) is 0 Å².